The smallest absolute Gasteiger partial charge is 0.000490 e. The molecule has 1 saturated carbocycles. The fraction of sp³-hybridized carbons (Fsp3) is 1.00. The van der Waals surface area contributed by atoms with Crippen molar-refractivity contribution in [2.45, 2.75) is 65.2 Å². The molecule has 1 unspecified atom stereocenters. The molecule has 0 saturated heterocycles. The molecule has 0 aromatic carbocycles. The average molecular weight is 211 g/mol. The fourth-order valence-electron chi connectivity index (χ4n) is 3.06. The largest absolute Gasteiger partial charge is 0.319 e. The van der Waals surface area contributed by atoms with E-state index in [2.05, 4.69) is 26.2 Å². The van der Waals surface area contributed by atoms with Gasteiger partial charge in [0.2, 0.25) is 0 Å². The van der Waals surface area contributed by atoms with E-state index in [1.807, 2.05) is 0 Å². The lowest BCUT2D eigenvalue weighted by atomic mass is 9.63. The maximum atomic E-state index is 3.40. The summed E-state index contributed by atoms with van der Waals surface area (Å²) in [6, 6.07) is 0. The van der Waals surface area contributed by atoms with Crippen molar-refractivity contribution in [3.8, 4) is 0 Å². The SMILES string of the molecule is CCCCC(CC)CC1(CNC)CCC1. The van der Waals surface area contributed by atoms with Crippen LogP contribution in [0.4, 0.5) is 0 Å². The normalized spacial score (nSPS) is 21.0. The zero-order valence-corrected chi connectivity index (χ0v) is 10.9. The van der Waals surface area contributed by atoms with Crippen LogP contribution in [-0.4, -0.2) is 13.6 Å². The van der Waals surface area contributed by atoms with E-state index < -0.39 is 0 Å². The van der Waals surface area contributed by atoms with Crippen LogP contribution in [0.3, 0.4) is 0 Å². The van der Waals surface area contributed by atoms with Crippen LogP contribution < -0.4 is 5.32 Å². The summed E-state index contributed by atoms with van der Waals surface area (Å²) in [5.74, 6) is 0.985. The third kappa shape index (κ3) is 3.79. The Morgan fingerprint density at radius 3 is 2.40 bits per heavy atom. The van der Waals surface area contributed by atoms with Crippen molar-refractivity contribution in [3.05, 3.63) is 0 Å². The first-order chi connectivity index (χ1) is 7.26. The Morgan fingerprint density at radius 2 is 2.00 bits per heavy atom. The first-order valence-electron chi connectivity index (χ1n) is 6.91. The van der Waals surface area contributed by atoms with Gasteiger partial charge in [-0.2, -0.15) is 0 Å². The predicted molar refractivity (Wildman–Crippen MR) is 68.1 cm³/mol. The molecule has 1 atom stereocenters. The highest BCUT2D eigenvalue weighted by atomic mass is 14.8. The van der Waals surface area contributed by atoms with Crippen molar-refractivity contribution in [2.24, 2.45) is 11.3 Å². The second-order valence-corrected chi connectivity index (χ2v) is 5.50. The molecule has 90 valence electrons. The average Bonchev–Trinajstić information content (AvgIpc) is 2.20. The zero-order valence-electron chi connectivity index (χ0n) is 10.9. The van der Waals surface area contributed by atoms with E-state index >= 15 is 0 Å². The topological polar surface area (TPSA) is 12.0 Å². The van der Waals surface area contributed by atoms with Gasteiger partial charge in [-0.05, 0) is 37.6 Å². The summed E-state index contributed by atoms with van der Waals surface area (Å²) in [7, 11) is 2.10. The molecule has 0 aromatic heterocycles. The van der Waals surface area contributed by atoms with Gasteiger partial charge in [0.25, 0.3) is 0 Å². The van der Waals surface area contributed by atoms with E-state index in [0.717, 1.165) is 5.92 Å². The molecule has 1 nitrogen and oxygen atoms in total. The number of hydrogen-bond acceptors (Lipinski definition) is 1. The predicted octanol–water partition coefficient (Wildman–Crippen LogP) is 3.98. The van der Waals surface area contributed by atoms with Crippen molar-refractivity contribution in [3.63, 3.8) is 0 Å². The summed E-state index contributed by atoms with van der Waals surface area (Å²) in [5.41, 5.74) is 0.684. The van der Waals surface area contributed by atoms with Gasteiger partial charge in [-0.25, -0.2) is 0 Å². The number of nitrogens with one attached hydrogen (secondary N) is 1. The molecule has 1 N–H and O–H groups in total. The standard InChI is InChI=1S/C14H29N/c1-4-6-8-13(5-2)11-14(12-15-3)9-7-10-14/h13,15H,4-12H2,1-3H3. The van der Waals surface area contributed by atoms with Gasteiger partial charge in [-0.1, -0.05) is 46.0 Å². The lowest BCUT2D eigenvalue weighted by Gasteiger charge is -2.44. The fourth-order valence-corrected chi connectivity index (χ4v) is 3.06. The molecule has 0 bridgehead atoms. The lowest BCUT2D eigenvalue weighted by Crippen LogP contribution is -2.40. The molecule has 0 spiro atoms. The third-order valence-electron chi connectivity index (χ3n) is 4.23. The van der Waals surface area contributed by atoms with Gasteiger partial charge in [-0.3, -0.25) is 0 Å². The maximum Gasteiger partial charge on any atom is 0.000490 e. The van der Waals surface area contributed by atoms with Crippen LogP contribution in [0.5, 0.6) is 0 Å². The Labute approximate surface area is 96.0 Å². The Hall–Kier alpha value is -0.0400. The van der Waals surface area contributed by atoms with E-state index in [0.29, 0.717) is 5.41 Å². The van der Waals surface area contributed by atoms with Crippen molar-refractivity contribution in [1.29, 1.82) is 0 Å². The highest BCUT2D eigenvalue weighted by molar-refractivity contribution is 4.90. The highest BCUT2D eigenvalue weighted by Crippen LogP contribution is 2.46. The zero-order chi connectivity index (χ0) is 11.1. The van der Waals surface area contributed by atoms with Gasteiger partial charge in [0.05, 0.1) is 0 Å². The highest BCUT2D eigenvalue weighted by Gasteiger charge is 2.37. The van der Waals surface area contributed by atoms with E-state index in [9.17, 15) is 0 Å². The molecule has 1 rings (SSSR count). The van der Waals surface area contributed by atoms with Crippen LogP contribution >= 0.6 is 0 Å². The Morgan fingerprint density at radius 1 is 1.27 bits per heavy atom. The van der Waals surface area contributed by atoms with Gasteiger partial charge in [-0.15, -0.1) is 0 Å². The molecular formula is C14H29N. The van der Waals surface area contributed by atoms with Crippen LogP contribution in [0.2, 0.25) is 0 Å². The minimum atomic E-state index is 0.684. The number of rotatable bonds is 8. The molecule has 1 heteroatoms. The van der Waals surface area contributed by atoms with Crippen molar-refractivity contribution in [1.82, 2.24) is 5.32 Å². The van der Waals surface area contributed by atoms with Crippen molar-refractivity contribution in [2.75, 3.05) is 13.6 Å². The van der Waals surface area contributed by atoms with E-state index in [-0.39, 0.29) is 0 Å². The molecule has 0 amide bonds. The van der Waals surface area contributed by atoms with E-state index in [1.165, 1.54) is 57.9 Å². The van der Waals surface area contributed by atoms with Gasteiger partial charge in [0.15, 0.2) is 0 Å². The molecule has 0 aromatic rings. The summed E-state index contributed by atoms with van der Waals surface area (Å²) in [4.78, 5) is 0. The van der Waals surface area contributed by atoms with Crippen LogP contribution in [0.15, 0.2) is 0 Å². The van der Waals surface area contributed by atoms with Gasteiger partial charge < -0.3 is 5.32 Å². The van der Waals surface area contributed by atoms with Gasteiger partial charge >= 0.3 is 0 Å². The summed E-state index contributed by atoms with van der Waals surface area (Å²) >= 11 is 0. The van der Waals surface area contributed by atoms with Crippen molar-refractivity contribution >= 4 is 0 Å². The first kappa shape index (κ1) is 13.0. The van der Waals surface area contributed by atoms with Gasteiger partial charge in [0.1, 0.15) is 0 Å². The summed E-state index contributed by atoms with van der Waals surface area (Å²) in [5, 5.41) is 3.40. The Kier molecular flexibility index (Phi) is 5.66. The second kappa shape index (κ2) is 6.52. The molecule has 0 aliphatic heterocycles. The lowest BCUT2D eigenvalue weighted by molar-refractivity contribution is 0.0894. The molecule has 1 fully saturated rings. The quantitative estimate of drug-likeness (QED) is 0.640. The monoisotopic (exact) mass is 211 g/mol. The maximum absolute atomic E-state index is 3.40. The molecule has 1 aliphatic carbocycles. The molecule has 0 radical (unpaired) electrons. The Balaban J connectivity index is 2.34. The summed E-state index contributed by atoms with van der Waals surface area (Å²) in [6.45, 7) is 5.92. The molecular weight excluding hydrogens is 182 g/mol. The van der Waals surface area contributed by atoms with Crippen LogP contribution in [0.25, 0.3) is 0 Å². The molecule has 1 aliphatic rings. The van der Waals surface area contributed by atoms with Crippen LogP contribution in [0, 0.1) is 11.3 Å². The molecule has 0 heterocycles. The van der Waals surface area contributed by atoms with Gasteiger partial charge in [0, 0.05) is 6.54 Å². The number of hydrogen-bond donors (Lipinski definition) is 1. The second-order valence-electron chi connectivity index (χ2n) is 5.50. The van der Waals surface area contributed by atoms with E-state index in [4.69, 9.17) is 0 Å². The van der Waals surface area contributed by atoms with Crippen molar-refractivity contribution < 1.29 is 0 Å². The van der Waals surface area contributed by atoms with E-state index in [1.54, 1.807) is 0 Å². The summed E-state index contributed by atoms with van der Waals surface area (Å²) in [6.07, 6.45) is 11.5. The van der Waals surface area contributed by atoms with Crippen LogP contribution in [-0.2, 0) is 0 Å². The minimum absolute atomic E-state index is 0.684. The third-order valence-corrected chi connectivity index (χ3v) is 4.23. The molecule has 15 heavy (non-hydrogen) atoms. The minimum Gasteiger partial charge on any atom is -0.319 e. The Bertz CT molecular complexity index is 161. The number of unbranched alkanes of at least 4 members (excludes halogenated alkanes) is 1. The first-order valence-corrected chi connectivity index (χ1v) is 6.91. The summed E-state index contributed by atoms with van der Waals surface area (Å²) < 4.78 is 0. The van der Waals surface area contributed by atoms with Crippen LogP contribution in [0.1, 0.15) is 65.2 Å².